The van der Waals surface area contributed by atoms with Crippen LogP contribution in [0.15, 0.2) is 46.9 Å². The van der Waals surface area contributed by atoms with Crippen LogP contribution in [0.1, 0.15) is 28.9 Å². The van der Waals surface area contributed by atoms with E-state index in [9.17, 15) is 9.18 Å². The number of hydrogen-bond acceptors (Lipinski definition) is 2. The third-order valence-electron chi connectivity index (χ3n) is 2.98. The molecule has 0 aromatic heterocycles. The molecule has 0 fully saturated rings. The van der Waals surface area contributed by atoms with Crippen molar-refractivity contribution < 1.29 is 9.18 Å². The second-order valence-electron chi connectivity index (χ2n) is 4.45. The van der Waals surface area contributed by atoms with E-state index in [-0.39, 0.29) is 17.3 Å². The van der Waals surface area contributed by atoms with Crippen molar-refractivity contribution in [3.63, 3.8) is 0 Å². The van der Waals surface area contributed by atoms with E-state index in [0.29, 0.717) is 0 Å². The lowest BCUT2D eigenvalue weighted by molar-refractivity contribution is 0.0940. The Hall–Kier alpha value is -1.88. The Morgan fingerprint density at radius 2 is 2.00 bits per heavy atom. The first-order valence-electron chi connectivity index (χ1n) is 6.09. The second-order valence-corrected chi connectivity index (χ2v) is 5.30. The van der Waals surface area contributed by atoms with Crippen LogP contribution in [0.25, 0.3) is 0 Å². The zero-order chi connectivity index (χ0) is 14.7. The van der Waals surface area contributed by atoms with Gasteiger partial charge in [-0.2, -0.15) is 0 Å². The maximum atomic E-state index is 13.2. The van der Waals surface area contributed by atoms with Gasteiger partial charge in [-0.3, -0.25) is 4.79 Å². The lowest BCUT2D eigenvalue weighted by Crippen LogP contribution is -2.27. The number of nitrogen functional groups attached to an aromatic ring is 1. The summed E-state index contributed by atoms with van der Waals surface area (Å²) in [6.45, 7) is 1.85. The van der Waals surface area contributed by atoms with Gasteiger partial charge in [0.05, 0.1) is 11.6 Å². The molecule has 2 rings (SSSR count). The molecule has 0 radical (unpaired) electrons. The highest BCUT2D eigenvalue weighted by Gasteiger charge is 2.15. The fraction of sp³-hybridized carbons (Fsp3) is 0.133. The Morgan fingerprint density at radius 3 is 2.70 bits per heavy atom. The van der Waals surface area contributed by atoms with Crippen molar-refractivity contribution in [2.24, 2.45) is 0 Å². The van der Waals surface area contributed by atoms with E-state index in [0.717, 1.165) is 16.1 Å². The highest BCUT2D eigenvalue weighted by molar-refractivity contribution is 9.10. The molecule has 104 valence electrons. The van der Waals surface area contributed by atoms with Gasteiger partial charge in [0, 0.05) is 10.2 Å². The molecule has 0 unspecified atom stereocenters. The highest BCUT2D eigenvalue weighted by Crippen LogP contribution is 2.23. The number of carbonyl (C=O) groups excluding carboxylic acids is 1. The van der Waals surface area contributed by atoms with Crippen LogP contribution in [0.4, 0.5) is 10.1 Å². The van der Waals surface area contributed by atoms with Crippen molar-refractivity contribution in [3.8, 4) is 0 Å². The summed E-state index contributed by atoms with van der Waals surface area (Å²) in [6, 6.07) is 11.1. The highest BCUT2D eigenvalue weighted by atomic mass is 79.9. The van der Waals surface area contributed by atoms with Crippen molar-refractivity contribution in [2.75, 3.05) is 5.73 Å². The minimum absolute atomic E-state index is 0.143. The summed E-state index contributed by atoms with van der Waals surface area (Å²) < 4.78 is 14.1. The number of halogens is 2. The number of nitrogens with one attached hydrogen (secondary N) is 1. The van der Waals surface area contributed by atoms with E-state index in [2.05, 4.69) is 21.2 Å². The third-order valence-corrected chi connectivity index (χ3v) is 3.70. The zero-order valence-electron chi connectivity index (χ0n) is 10.9. The van der Waals surface area contributed by atoms with E-state index in [1.165, 1.54) is 12.1 Å². The molecule has 5 heteroatoms. The van der Waals surface area contributed by atoms with E-state index in [4.69, 9.17) is 5.73 Å². The summed E-state index contributed by atoms with van der Waals surface area (Å²) >= 11 is 3.43. The zero-order valence-corrected chi connectivity index (χ0v) is 12.4. The molecule has 3 nitrogen and oxygen atoms in total. The van der Waals surface area contributed by atoms with Gasteiger partial charge in [-0.25, -0.2) is 4.39 Å². The van der Waals surface area contributed by atoms with Crippen molar-refractivity contribution in [3.05, 3.63) is 63.9 Å². The van der Waals surface area contributed by atoms with Crippen LogP contribution in [0.2, 0.25) is 0 Å². The lowest BCUT2D eigenvalue weighted by Gasteiger charge is -2.16. The quantitative estimate of drug-likeness (QED) is 0.840. The fourth-order valence-electron chi connectivity index (χ4n) is 1.90. The number of rotatable bonds is 3. The molecule has 20 heavy (non-hydrogen) atoms. The van der Waals surface area contributed by atoms with Gasteiger partial charge in [-0.15, -0.1) is 0 Å². The first-order valence-corrected chi connectivity index (χ1v) is 6.88. The Kier molecular flexibility index (Phi) is 4.39. The van der Waals surface area contributed by atoms with Gasteiger partial charge in [-0.05, 0) is 36.8 Å². The lowest BCUT2D eigenvalue weighted by atomic mass is 10.1. The molecule has 0 saturated carbocycles. The molecule has 2 aromatic carbocycles. The van der Waals surface area contributed by atoms with Crippen LogP contribution in [0.5, 0.6) is 0 Å². The van der Waals surface area contributed by atoms with Crippen LogP contribution in [-0.2, 0) is 0 Å². The summed E-state index contributed by atoms with van der Waals surface area (Å²) in [5.74, 6) is -0.886. The maximum absolute atomic E-state index is 13.2. The van der Waals surface area contributed by atoms with E-state index in [1.54, 1.807) is 0 Å². The standard InChI is InChI=1S/C15H14BrFN2O/c1-9(11-4-2-3-5-13(11)16)19-15(20)12-8-10(17)6-7-14(12)18/h2-9H,18H2,1H3,(H,19,20)/t9-/m0/s1. The summed E-state index contributed by atoms with van der Waals surface area (Å²) in [5.41, 5.74) is 7.03. The number of carbonyl (C=O) groups is 1. The molecule has 0 aliphatic rings. The molecular weight excluding hydrogens is 323 g/mol. The van der Waals surface area contributed by atoms with E-state index in [1.807, 2.05) is 31.2 Å². The molecule has 0 bridgehead atoms. The normalized spacial score (nSPS) is 11.9. The first-order chi connectivity index (χ1) is 9.49. The first kappa shape index (κ1) is 14.5. The molecule has 0 aliphatic carbocycles. The van der Waals surface area contributed by atoms with E-state index < -0.39 is 11.7 Å². The van der Waals surface area contributed by atoms with Crippen LogP contribution in [0.3, 0.4) is 0 Å². The Bertz CT molecular complexity index is 646. The minimum atomic E-state index is -0.488. The summed E-state index contributed by atoms with van der Waals surface area (Å²) in [4.78, 5) is 12.1. The number of nitrogens with two attached hydrogens (primary N) is 1. The van der Waals surface area contributed by atoms with Gasteiger partial charge in [0.25, 0.3) is 5.91 Å². The summed E-state index contributed by atoms with van der Waals surface area (Å²) in [5, 5.41) is 2.81. The monoisotopic (exact) mass is 336 g/mol. The number of hydrogen-bond donors (Lipinski definition) is 2. The third kappa shape index (κ3) is 3.17. The maximum Gasteiger partial charge on any atom is 0.253 e. The topological polar surface area (TPSA) is 55.1 Å². The SMILES string of the molecule is C[C@H](NC(=O)c1cc(F)ccc1N)c1ccccc1Br. The predicted molar refractivity (Wildman–Crippen MR) is 80.8 cm³/mol. The molecule has 0 spiro atoms. The fourth-order valence-corrected chi connectivity index (χ4v) is 2.53. The second kappa shape index (κ2) is 6.05. The van der Waals surface area contributed by atoms with Crippen molar-refractivity contribution in [1.29, 1.82) is 0 Å². The number of amides is 1. The van der Waals surface area contributed by atoms with Crippen LogP contribution in [0, 0.1) is 5.82 Å². The summed E-state index contributed by atoms with van der Waals surface area (Å²) in [7, 11) is 0. The molecule has 0 aliphatic heterocycles. The average Bonchev–Trinajstić information content (AvgIpc) is 2.41. The van der Waals surface area contributed by atoms with Gasteiger partial charge >= 0.3 is 0 Å². The molecular formula is C15H14BrFN2O. The molecule has 2 aromatic rings. The van der Waals surface area contributed by atoms with Gasteiger partial charge in [0.1, 0.15) is 5.82 Å². The Balaban J connectivity index is 2.20. The Morgan fingerprint density at radius 1 is 1.30 bits per heavy atom. The average molecular weight is 337 g/mol. The molecule has 0 saturated heterocycles. The predicted octanol–water partition coefficient (Wildman–Crippen LogP) is 3.66. The van der Waals surface area contributed by atoms with Crippen LogP contribution < -0.4 is 11.1 Å². The number of benzene rings is 2. The largest absolute Gasteiger partial charge is 0.398 e. The van der Waals surface area contributed by atoms with Crippen molar-refractivity contribution in [2.45, 2.75) is 13.0 Å². The van der Waals surface area contributed by atoms with Gasteiger partial charge in [0.15, 0.2) is 0 Å². The molecule has 3 N–H and O–H groups in total. The minimum Gasteiger partial charge on any atom is -0.398 e. The molecule has 1 atom stereocenters. The summed E-state index contributed by atoms with van der Waals surface area (Å²) in [6.07, 6.45) is 0. The van der Waals surface area contributed by atoms with Gasteiger partial charge in [-0.1, -0.05) is 34.1 Å². The van der Waals surface area contributed by atoms with Crippen LogP contribution in [-0.4, -0.2) is 5.91 Å². The number of anilines is 1. The van der Waals surface area contributed by atoms with Gasteiger partial charge < -0.3 is 11.1 Å². The smallest absolute Gasteiger partial charge is 0.253 e. The van der Waals surface area contributed by atoms with Crippen LogP contribution >= 0.6 is 15.9 Å². The molecule has 0 heterocycles. The van der Waals surface area contributed by atoms with Crippen molar-refractivity contribution >= 4 is 27.5 Å². The van der Waals surface area contributed by atoms with Gasteiger partial charge in [0.2, 0.25) is 0 Å². The van der Waals surface area contributed by atoms with E-state index >= 15 is 0 Å². The molecule has 1 amide bonds. The van der Waals surface area contributed by atoms with Crippen molar-refractivity contribution in [1.82, 2.24) is 5.32 Å². The Labute approximate surface area is 125 Å².